The van der Waals surface area contributed by atoms with Crippen molar-refractivity contribution in [3.8, 4) is 11.5 Å². The van der Waals surface area contributed by atoms with Gasteiger partial charge in [0, 0.05) is 18.7 Å². The molecule has 15 heavy (non-hydrogen) atoms. The summed E-state index contributed by atoms with van der Waals surface area (Å²) in [6.07, 6.45) is 0. The van der Waals surface area contributed by atoms with Crippen molar-refractivity contribution >= 4 is 28.3 Å². The zero-order chi connectivity index (χ0) is 9.97. The summed E-state index contributed by atoms with van der Waals surface area (Å²) >= 11 is 3.44. The minimum Gasteiger partial charge on any atom is -0.496 e. The number of rotatable bonds is 1. The lowest BCUT2D eigenvalue weighted by atomic mass is 10.2. The molecular weight excluding hydrogens is 281 g/mol. The van der Waals surface area contributed by atoms with Crippen molar-refractivity contribution in [1.29, 1.82) is 0 Å². The summed E-state index contributed by atoms with van der Waals surface area (Å²) in [4.78, 5) is 0. The fourth-order valence-corrected chi connectivity index (χ4v) is 1.95. The molecule has 0 radical (unpaired) electrons. The number of methoxy groups -OCH3 is 1. The van der Waals surface area contributed by atoms with Crippen LogP contribution in [-0.2, 0) is 6.54 Å². The summed E-state index contributed by atoms with van der Waals surface area (Å²) in [6, 6.07) is 3.96. The molecule has 1 aliphatic rings. The zero-order valence-corrected chi connectivity index (χ0v) is 10.8. The second-order valence-electron chi connectivity index (χ2n) is 3.12. The number of halogens is 2. The third-order valence-electron chi connectivity index (χ3n) is 2.19. The lowest BCUT2D eigenvalue weighted by Crippen LogP contribution is -2.16. The Labute approximate surface area is 104 Å². The molecule has 1 N–H and O–H groups in total. The number of hydrogen-bond donors (Lipinski definition) is 1. The number of benzene rings is 1. The average Bonchev–Trinajstić information content (AvgIpc) is 2.41. The Balaban J connectivity index is 0.00000112. The molecule has 3 nitrogen and oxygen atoms in total. The van der Waals surface area contributed by atoms with E-state index in [1.807, 2.05) is 12.1 Å². The predicted octanol–water partition coefficient (Wildman–Crippen LogP) is 2.36. The van der Waals surface area contributed by atoms with Gasteiger partial charge in [0.05, 0.1) is 11.6 Å². The van der Waals surface area contributed by atoms with Gasteiger partial charge in [0.2, 0.25) is 0 Å². The lowest BCUT2D eigenvalue weighted by molar-refractivity contribution is 0.324. The van der Waals surface area contributed by atoms with Crippen molar-refractivity contribution in [2.75, 3.05) is 20.3 Å². The molecule has 1 aromatic carbocycles. The second kappa shape index (κ2) is 5.58. The largest absolute Gasteiger partial charge is 0.496 e. The normalized spacial score (nSPS) is 14.3. The summed E-state index contributed by atoms with van der Waals surface area (Å²) in [5.74, 6) is 1.78. The first-order valence-electron chi connectivity index (χ1n) is 4.51. The van der Waals surface area contributed by atoms with Gasteiger partial charge in [-0.3, -0.25) is 0 Å². The van der Waals surface area contributed by atoms with E-state index < -0.39 is 0 Å². The van der Waals surface area contributed by atoms with Crippen LogP contribution in [0.1, 0.15) is 5.56 Å². The Morgan fingerprint density at radius 3 is 3.00 bits per heavy atom. The molecule has 0 fully saturated rings. The summed E-state index contributed by atoms with van der Waals surface area (Å²) in [7, 11) is 1.66. The molecule has 0 unspecified atom stereocenters. The first-order valence-corrected chi connectivity index (χ1v) is 5.30. The molecule has 1 aliphatic heterocycles. The van der Waals surface area contributed by atoms with Crippen molar-refractivity contribution in [3.63, 3.8) is 0 Å². The van der Waals surface area contributed by atoms with E-state index in [0.29, 0.717) is 6.61 Å². The highest BCUT2D eigenvalue weighted by atomic mass is 79.9. The standard InChI is InChI=1S/C10H12BrNO2.ClH/c1-13-10-4-7-6-12-2-3-14-9(7)5-8(10)11;/h4-5,12H,2-3,6H2,1H3;1H. The van der Waals surface area contributed by atoms with E-state index in [2.05, 4.69) is 21.2 Å². The molecule has 0 saturated heterocycles. The van der Waals surface area contributed by atoms with E-state index in [-0.39, 0.29) is 12.4 Å². The van der Waals surface area contributed by atoms with E-state index >= 15 is 0 Å². The molecular formula is C10H13BrClNO2. The highest BCUT2D eigenvalue weighted by molar-refractivity contribution is 9.10. The molecule has 0 bridgehead atoms. The van der Waals surface area contributed by atoms with Gasteiger partial charge < -0.3 is 14.8 Å². The summed E-state index contributed by atoms with van der Waals surface area (Å²) in [5, 5.41) is 3.28. The zero-order valence-electron chi connectivity index (χ0n) is 8.38. The summed E-state index contributed by atoms with van der Waals surface area (Å²) < 4.78 is 11.7. The van der Waals surface area contributed by atoms with Crippen LogP contribution in [0.25, 0.3) is 0 Å². The number of nitrogens with one attached hydrogen (secondary N) is 1. The van der Waals surface area contributed by atoms with Gasteiger partial charge in [-0.25, -0.2) is 0 Å². The SMILES string of the molecule is COc1cc2c(cc1Br)OCCNC2.Cl. The molecule has 0 aromatic heterocycles. The van der Waals surface area contributed by atoms with Gasteiger partial charge in [-0.05, 0) is 28.1 Å². The highest BCUT2D eigenvalue weighted by Gasteiger charge is 2.12. The maximum absolute atomic E-state index is 5.58. The van der Waals surface area contributed by atoms with Crippen LogP contribution < -0.4 is 14.8 Å². The minimum atomic E-state index is 0. The first-order chi connectivity index (χ1) is 6.81. The quantitative estimate of drug-likeness (QED) is 0.862. The third-order valence-corrected chi connectivity index (χ3v) is 2.81. The fourth-order valence-electron chi connectivity index (χ4n) is 1.46. The van der Waals surface area contributed by atoms with Gasteiger partial charge in [-0.1, -0.05) is 0 Å². The van der Waals surface area contributed by atoms with E-state index in [9.17, 15) is 0 Å². The van der Waals surface area contributed by atoms with Crippen molar-refractivity contribution in [3.05, 3.63) is 22.2 Å². The Hall–Kier alpha value is -0.450. The maximum atomic E-state index is 5.58. The minimum absolute atomic E-state index is 0. The van der Waals surface area contributed by atoms with Gasteiger partial charge in [0.15, 0.2) is 0 Å². The van der Waals surface area contributed by atoms with Gasteiger partial charge in [0.1, 0.15) is 18.1 Å². The highest BCUT2D eigenvalue weighted by Crippen LogP contribution is 2.33. The van der Waals surface area contributed by atoms with Gasteiger partial charge >= 0.3 is 0 Å². The van der Waals surface area contributed by atoms with E-state index in [1.165, 1.54) is 0 Å². The van der Waals surface area contributed by atoms with Crippen LogP contribution in [0.15, 0.2) is 16.6 Å². The predicted molar refractivity (Wildman–Crippen MR) is 65.1 cm³/mol. The van der Waals surface area contributed by atoms with Crippen molar-refractivity contribution in [2.24, 2.45) is 0 Å². The molecule has 0 spiro atoms. The average molecular weight is 295 g/mol. The topological polar surface area (TPSA) is 30.5 Å². The van der Waals surface area contributed by atoms with Crippen LogP contribution in [0.2, 0.25) is 0 Å². The molecule has 2 rings (SSSR count). The molecule has 0 aliphatic carbocycles. The number of ether oxygens (including phenoxy) is 2. The molecule has 1 aromatic rings. The van der Waals surface area contributed by atoms with Crippen molar-refractivity contribution in [1.82, 2.24) is 5.32 Å². The van der Waals surface area contributed by atoms with Crippen LogP contribution in [-0.4, -0.2) is 20.3 Å². The molecule has 0 saturated carbocycles. The molecule has 5 heteroatoms. The maximum Gasteiger partial charge on any atom is 0.133 e. The number of hydrogen-bond acceptors (Lipinski definition) is 3. The van der Waals surface area contributed by atoms with Gasteiger partial charge in [-0.15, -0.1) is 12.4 Å². The summed E-state index contributed by atoms with van der Waals surface area (Å²) in [6.45, 7) is 2.43. The molecule has 0 atom stereocenters. The van der Waals surface area contributed by atoms with Crippen molar-refractivity contribution < 1.29 is 9.47 Å². The van der Waals surface area contributed by atoms with E-state index in [0.717, 1.165) is 34.6 Å². The third kappa shape index (κ3) is 2.77. The Kier molecular flexibility index (Phi) is 4.70. The smallest absolute Gasteiger partial charge is 0.133 e. The van der Waals surface area contributed by atoms with Crippen LogP contribution >= 0.6 is 28.3 Å². The fraction of sp³-hybridized carbons (Fsp3) is 0.400. The lowest BCUT2D eigenvalue weighted by Gasteiger charge is -2.10. The molecule has 1 heterocycles. The summed E-state index contributed by atoms with van der Waals surface area (Å²) in [5.41, 5.74) is 1.14. The Morgan fingerprint density at radius 1 is 1.47 bits per heavy atom. The van der Waals surface area contributed by atoms with Crippen LogP contribution in [0, 0.1) is 0 Å². The van der Waals surface area contributed by atoms with Crippen LogP contribution in [0.3, 0.4) is 0 Å². The van der Waals surface area contributed by atoms with Gasteiger partial charge in [-0.2, -0.15) is 0 Å². The Bertz CT molecular complexity index is 346. The Morgan fingerprint density at radius 2 is 2.27 bits per heavy atom. The van der Waals surface area contributed by atoms with E-state index in [1.54, 1.807) is 7.11 Å². The molecule has 0 amide bonds. The second-order valence-corrected chi connectivity index (χ2v) is 3.97. The van der Waals surface area contributed by atoms with Crippen LogP contribution in [0.4, 0.5) is 0 Å². The van der Waals surface area contributed by atoms with E-state index in [4.69, 9.17) is 9.47 Å². The van der Waals surface area contributed by atoms with Crippen molar-refractivity contribution in [2.45, 2.75) is 6.54 Å². The van der Waals surface area contributed by atoms with Gasteiger partial charge in [0.25, 0.3) is 0 Å². The monoisotopic (exact) mass is 293 g/mol. The molecule has 84 valence electrons. The number of fused-ring (bicyclic) bond motifs is 1. The van der Waals surface area contributed by atoms with Crippen LogP contribution in [0.5, 0.6) is 11.5 Å². The first kappa shape index (κ1) is 12.6.